The lowest BCUT2D eigenvalue weighted by Crippen LogP contribution is -2.56. The fourth-order valence-electron chi connectivity index (χ4n) is 7.15. The number of carbonyl (C=O) groups is 3. The van der Waals surface area contributed by atoms with Crippen LogP contribution in [0.4, 0.5) is 11.4 Å². The molecule has 1 aliphatic heterocycles. The van der Waals surface area contributed by atoms with Crippen LogP contribution in [0.2, 0.25) is 0 Å². The largest absolute Gasteiger partial charge is 0.456 e. The van der Waals surface area contributed by atoms with Gasteiger partial charge in [0, 0.05) is 12.5 Å². The van der Waals surface area contributed by atoms with Gasteiger partial charge in [0.05, 0.1) is 23.4 Å². The van der Waals surface area contributed by atoms with Crippen LogP contribution in [-0.4, -0.2) is 41.1 Å². The molecule has 2 unspecified atom stereocenters. The molecule has 6 rings (SSSR count). The monoisotopic (exact) mass is 426 g/mol. The number of hydrogen-bond donors (Lipinski definition) is 2. The number of anilines is 2. The number of para-hydroxylation sites is 2. The Hall–Kier alpha value is -2.41. The van der Waals surface area contributed by atoms with E-state index in [1.54, 1.807) is 23.1 Å². The lowest BCUT2D eigenvalue weighted by Gasteiger charge is -2.60. The summed E-state index contributed by atoms with van der Waals surface area (Å²) >= 11 is 0. The van der Waals surface area contributed by atoms with E-state index in [2.05, 4.69) is 5.32 Å². The van der Waals surface area contributed by atoms with Crippen LogP contribution in [0.3, 0.4) is 0 Å². The molecule has 0 saturated heterocycles. The number of nitrogens with one attached hydrogen (secondary N) is 1. The van der Waals surface area contributed by atoms with Crippen LogP contribution >= 0.6 is 0 Å². The molecule has 5 aliphatic rings. The number of amides is 2. The van der Waals surface area contributed by atoms with Crippen molar-refractivity contribution < 1.29 is 24.2 Å². The summed E-state index contributed by atoms with van der Waals surface area (Å²) in [5.74, 6) is 0.144. The summed E-state index contributed by atoms with van der Waals surface area (Å²) in [6, 6.07) is 6.82. The van der Waals surface area contributed by atoms with Crippen LogP contribution in [0, 0.1) is 17.3 Å². The first-order valence-electron chi connectivity index (χ1n) is 11.3. The van der Waals surface area contributed by atoms with E-state index in [1.807, 2.05) is 13.0 Å². The number of carbonyl (C=O) groups excluding carboxylic acids is 3. The van der Waals surface area contributed by atoms with E-state index in [4.69, 9.17) is 4.74 Å². The lowest BCUT2D eigenvalue weighted by atomic mass is 9.47. The average Bonchev–Trinajstić information content (AvgIpc) is 2.78. The molecule has 7 nitrogen and oxygen atoms in total. The third-order valence-electron chi connectivity index (χ3n) is 7.66. The molecule has 5 atom stereocenters. The summed E-state index contributed by atoms with van der Waals surface area (Å²) in [7, 11) is 0. The van der Waals surface area contributed by atoms with Crippen LogP contribution in [0.15, 0.2) is 24.3 Å². The van der Waals surface area contributed by atoms with Gasteiger partial charge in [0.25, 0.3) is 5.91 Å². The number of nitrogens with zero attached hydrogens (tertiary/aromatic N) is 1. The lowest BCUT2D eigenvalue weighted by molar-refractivity contribution is -0.177. The fraction of sp³-hybridized carbons (Fsp3) is 0.625. The Morgan fingerprint density at radius 1 is 1.19 bits per heavy atom. The zero-order valence-electron chi connectivity index (χ0n) is 17.9. The third-order valence-corrected chi connectivity index (χ3v) is 7.66. The highest BCUT2D eigenvalue weighted by molar-refractivity contribution is 6.05. The third kappa shape index (κ3) is 3.84. The quantitative estimate of drug-likeness (QED) is 0.722. The summed E-state index contributed by atoms with van der Waals surface area (Å²) in [5.41, 5.74) is 0.395. The molecule has 2 N–H and O–H groups in total. The van der Waals surface area contributed by atoms with Gasteiger partial charge in [-0.25, -0.2) is 0 Å². The van der Waals surface area contributed by atoms with Crippen molar-refractivity contribution in [1.29, 1.82) is 0 Å². The van der Waals surface area contributed by atoms with Gasteiger partial charge >= 0.3 is 5.97 Å². The van der Waals surface area contributed by atoms with Gasteiger partial charge in [0.15, 0.2) is 6.61 Å². The minimum Gasteiger partial charge on any atom is -0.456 e. The maximum absolute atomic E-state index is 13.0. The number of hydrogen-bond acceptors (Lipinski definition) is 5. The molecule has 31 heavy (non-hydrogen) atoms. The van der Waals surface area contributed by atoms with Gasteiger partial charge in [-0.15, -0.1) is 0 Å². The second kappa shape index (κ2) is 7.33. The van der Waals surface area contributed by atoms with Gasteiger partial charge in [-0.1, -0.05) is 12.1 Å². The smallest absolute Gasteiger partial charge is 0.306 e. The van der Waals surface area contributed by atoms with Crippen molar-refractivity contribution in [3.8, 4) is 0 Å². The molecule has 4 aliphatic carbocycles. The highest BCUT2D eigenvalue weighted by atomic mass is 16.5. The van der Waals surface area contributed by atoms with Crippen LogP contribution < -0.4 is 10.2 Å². The van der Waals surface area contributed by atoms with E-state index in [-0.39, 0.29) is 48.7 Å². The average molecular weight is 427 g/mol. The van der Waals surface area contributed by atoms with Crippen molar-refractivity contribution in [1.82, 2.24) is 0 Å². The molecule has 4 bridgehead atoms. The van der Waals surface area contributed by atoms with Crippen LogP contribution in [0.1, 0.15) is 58.3 Å². The van der Waals surface area contributed by atoms with E-state index in [1.165, 1.54) is 0 Å². The minimum absolute atomic E-state index is 0.146. The van der Waals surface area contributed by atoms with Crippen molar-refractivity contribution in [2.24, 2.45) is 17.3 Å². The van der Waals surface area contributed by atoms with Gasteiger partial charge < -0.3 is 20.1 Å². The minimum atomic E-state index is -0.620. The van der Waals surface area contributed by atoms with Gasteiger partial charge in [-0.2, -0.15) is 0 Å². The predicted molar refractivity (Wildman–Crippen MR) is 114 cm³/mol. The van der Waals surface area contributed by atoms with Gasteiger partial charge in [-0.3, -0.25) is 14.4 Å². The number of ether oxygens (including phenoxy) is 1. The van der Waals surface area contributed by atoms with E-state index in [0.717, 1.165) is 32.1 Å². The highest BCUT2D eigenvalue weighted by Crippen LogP contribution is 2.62. The Bertz CT molecular complexity index is 914. The van der Waals surface area contributed by atoms with Gasteiger partial charge in [0.1, 0.15) is 0 Å². The SMILES string of the molecule is C[C@@H]1CC(=O)Nc2ccccc2N1C(=O)COC(=O)CC12C[C@@H]3C[C@@H](CC(O)(C3)C1)C2. The number of esters is 1. The van der Waals surface area contributed by atoms with Crippen LogP contribution in [0.5, 0.6) is 0 Å². The molecule has 1 aromatic carbocycles. The summed E-state index contributed by atoms with van der Waals surface area (Å²) in [4.78, 5) is 39.4. The number of rotatable bonds is 4. The first kappa shape index (κ1) is 20.5. The van der Waals surface area contributed by atoms with Gasteiger partial charge in [0.2, 0.25) is 5.91 Å². The Labute approximate surface area is 182 Å². The maximum atomic E-state index is 13.0. The van der Waals surface area contributed by atoms with E-state index in [9.17, 15) is 19.5 Å². The molecule has 7 heteroatoms. The molecular weight excluding hydrogens is 396 g/mol. The zero-order valence-corrected chi connectivity index (χ0v) is 17.9. The zero-order chi connectivity index (χ0) is 21.8. The molecule has 4 fully saturated rings. The first-order valence-corrected chi connectivity index (χ1v) is 11.3. The summed E-state index contributed by atoms with van der Waals surface area (Å²) in [6.45, 7) is 1.47. The van der Waals surface area contributed by atoms with Crippen molar-refractivity contribution >= 4 is 29.2 Å². The molecule has 1 aromatic rings. The van der Waals surface area contributed by atoms with Crippen molar-refractivity contribution in [3.63, 3.8) is 0 Å². The second-order valence-electron chi connectivity index (χ2n) is 10.4. The molecule has 0 radical (unpaired) electrons. The van der Waals surface area contributed by atoms with E-state index in [0.29, 0.717) is 29.6 Å². The van der Waals surface area contributed by atoms with Crippen LogP contribution in [-0.2, 0) is 19.1 Å². The summed E-state index contributed by atoms with van der Waals surface area (Å²) in [5, 5.41) is 13.7. The molecule has 0 aromatic heterocycles. The van der Waals surface area contributed by atoms with Crippen LogP contribution in [0.25, 0.3) is 0 Å². The van der Waals surface area contributed by atoms with Crippen molar-refractivity contribution in [2.45, 2.75) is 69.9 Å². The molecule has 2 amide bonds. The molecule has 0 spiro atoms. The Morgan fingerprint density at radius 3 is 2.61 bits per heavy atom. The second-order valence-corrected chi connectivity index (χ2v) is 10.4. The maximum Gasteiger partial charge on any atom is 0.306 e. The molecular formula is C24H30N2O5. The molecule has 166 valence electrons. The molecule has 1 heterocycles. The van der Waals surface area contributed by atoms with E-state index < -0.39 is 5.60 Å². The fourth-order valence-corrected chi connectivity index (χ4v) is 7.15. The Balaban J connectivity index is 1.25. The summed E-state index contributed by atoms with van der Waals surface area (Å²) in [6.07, 6.45) is 5.94. The van der Waals surface area contributed by atoms with Crippen molar-refractivity contribution in [3.05, 3.63) is 24.3 Å². The highest BCUT2D eigenvalue weighted by Gasteiger charge is 2.57. The predicted octanol–water partition coefficient (Wildman–Crippen LogP) is 3.01. The van der Waals surface area contributed by atoms with Gasteiger partial charge in [-0.05, 0) is 74.8 Å². The Kier molecular flexibility index (Phi) is 4.84. The van der Waals surface area contributed by atoms with E-state index >= 15 is 0 Å². The number of aliphatic hydroxyl groups is 1. The standard InChI is InChI=1S/C24H30N2O5/c1-15-6-20(27)25-18-4-2-3-5-19(18)26(15)21(28)13-31-22(29)12-23-8-16-7-17(9-23)11-24(30,10-16)14-23/h2-5,15-17,30H,6-14H2,1H3,(H,25,27)/t15-,16-,17+,23?,24?/m1/s1. The first-order chi connectivity index (χ1) is 14.7. The Morgan fingerprint density at radius 2 is 1.90 bits per heavy atom. The normalized spacial score (nSPS) is 35.9. The van der Waals surface area contributed by atoms with Crippen molar-refractivity contribution in [2.75, 3.05) is 16.8 Å². The number of fused-ring (bicyclic) bond motifs is 1. The number of benzene rings is 1. The summed E-state index contributed by atoms with van der Waals surface area (Å²) < 4.78 is 5.44. The molecule has 4 saturated carbocycles. The topological polar surface area (TPSA) is 95.9 Å².